The van der Waals surface area contributed by atoms with E-state index in [1.807, 2.05) is 13.8 Å². The Bertz CT molecular complexity index is 979. The van der Waals surface area contributed by atoms with Crippen molar-refractivity contribution in [3.63, 3.8) is 0 Å². The summed E-state index contributed by atoms with van der Waals surface area (Å²) in [6.45, 7) is 3.32. The maximum Gasteiger partial charge on any atom is 0.348 e. The average Bonchev–Trinajstić information content (AvgIpc) is 2.96. The summed E-state index contributed by atoms with van der Waals surface area (Å²) >= 11 is 13.2. The molecule has 0 aliphatic heterocycles. The number of aryl methyl sites for hydroxylation is 2. The minimum absolute atomic E-state index is 0.00739. The van der Waals surface area contributed by atoms with E-state index in [0.29, 0.717) is 4.88 Å². The first-order valence-electron chi connectivity index (χ1n) is 7.61. The summed E-state index contributed by atoms with van der Waals surface area (Å²) in [7, 11) is -4.00. The quantitative estimate of drug-likeness (QED) is 0.654. The number of primary sulfonamides is 1. The third-order valence-corrected chi connectivity index (χ3v) is 6.34. The number of hydrogen-bond acceptors (Lipinski definition) is 6. The lowest BCUT2D eigenvalue weighted by molar-refractivity contribution is -0.119. The van der Waals surface area contributed by atoms with Crippen molar-refractivity contribution in [1.82, 2.24) is 0 Å². The fourth-order valence-corrected chi connectivity index (χ4v) is 4.47. The summed E-state index contributed by atoms with van der Waals surface area (Å²) in [5.74, 6) is -1.29. The smallest absolute Gasteiger partial charge is 0.348 e. The van der Waals surface area contributed by atoms with Crippen LogP contribution in [0.2, 0.25) is 10.0 Å². The lowest BCUT2D eigenvalue weighted by Crippen LogP contribution is -2.21. The van der Waals surface area contributed by atoms with Crippen molar-refractivity contribution in [3.8, 4) is 0 Å². The lowest BCUT2D eigenvalue weighted by Gasteiger charge is -2.11. The molecule has 1 aromatic carbocycles. The topological polar surface area (TPSA) is 116 Å². The molecule has 1 aromatic heterocycles. The number of nitrogens with one attached hydrogen (secondary N) is 1. The number of sulfonamides is 1. The van der Waals surface area contributed by atoms with Gasteiger partial charge in [-0.25, -0.2) is 18.4 Å². The number of nitrogens with two attached hydrogens (primary N) is 1. The van der Waals surface area contributed by atoms with Crippen molar-refractivity contribution < 1.29 is 22.7 Å². The highest BCUT2D eigenvalue weighted by molar-refractivity contribution is 7.89. The van der Waals surface area contributed by atoms with E-state index in [1.54, 1.807) is 6.07 Å². The first kappa shape index (κ1) is 21.6. The zero-order valence-corrected chi connectivity index (χ0v) is 17.5. The molecule has 0 radical (unpaired) electrons. The number of carbonyl (C=O) groups excluding carboxylic acids is 2. The number of rotatable bonds is 6. The fraction of sp³-hybridized carbons (Fsp3) is 0.250. The highest BCUT2D eigenvalue weighted by Crippen LogP contribution is 2.33. The minimum Gasteiger partial charge on any atom is -0.451 e. The van der Waals surface area contributed by atoms with Gasteiger partial charge in [-0.3, -0.25) is 4.79 Å². The Kier molecular flexibility index (Phi) is 6.87. The molecule has 7 nitrogen and oxygen atoms in total. The standard InChI is InChI=1S/C16H16Cl2N2O5S2/c1-3-12-8(2)4-13(26-12)16(22)25-7-14(21)20-15-10(17)5-9(6-11(15)18)27(19,23)24/h4-6H,3,7H2,1-2H3,(H,20,21)(H2,19,23,24). The summed E-state index contributed by atoms with van der Waals surface area (Å²) in [6.07, 6.45) is 0.801. The van der Waals surface area contributed by atoms with Gasteiger partial charge in [0.2, 0.25) is 10.0 Å². The molecule has 1 heterocycles. The summed E-state index contributed by atoms with van der Waals surface area (Å²) in [6, 6.07) is 3.83. The van der Waals surface area contributed by atoms with Gasteiger partial charge in [-0.05, 0) is 37.1 Å². The molecule has 0 saturated heterocycles. The van der Waals surface area contributed by atoms with E-state index in [9.17, 15) is 18.0 Å². The Morgan fingerprint density at radius 1 is 1.22 bits per heavy atom. The second-order valence-electron chi connectivity index (χ2n) is 5.50. The summed E-state index contributed by atoms with van der Waals surface area (Å²) in [4.78, 5) is 25.3. The maximum atomic E-state index is 12.0. The Labute approximate surface area is 170 Å². The molecule has 0 aliphatic rings. The number of halogens is 2. The molecule has 2 aromatic rings. The van der Waals surface area contributed by atoms with E-state index in [0.717, 1.165) is 29.0 Å². The van der Waals surface area contributed by atoms with E-state index >= 15 is 0 Å². The van der Waals surface area contributed by atoms with Crippen molar-refractivity contribution >= 4 is 62.1 Å². The fourth-order valence-electron chi connectivity index (χ4n) is 2.18. The van der Waals surface area contributed by atoms with Crippen LogP contribution in [0, 0.1) is 6.92 Å². The van der Waals surface area contributed by atoms with Crippen molar-refractivity contribution in [1.29, 1.82) is 0 Å². The SMILES string of the molecule is CCc1sc(C(=O)OCC(=O)Nc2c(Cl)cc(S(N)(=O)=O)cc2Cl)cc1C. The summed E-state index contributed by atoms with van der Waals surface area (Å²) in [5.41, 5.74) is 0.986. The van der Waals surface area contributed by atoms with Crippen LogP contribution in [0.4, 0.5) is 5.69 Å². The molecule has 11 heteroatoms. The van der Waals surface area contributed by atoms with Gasteiger partial charge in [0, 0.05) is 4.88 Å². The lowest BCUT2D eigenvalue weighted by atomic mass is 10.2. The predicted molar refractivity (Wildman–Crippen MR) is 105 cm³/mol. The zero-order valence-electron chi connectivity index (χ0n) is 14.3. The number of esters is 1. The third kappa shape index (κ3) is 5.43. The molecule has 0 spiro atoms. The summed E-state index contributed by atoms with van der Waals surface area (Å²) < 4.78 is 27.7. The van der Waals surface area contributed by atoms with Crippen LogP contribution in [0.25, 0.3) is 0 Å². The Hall–Kier alpha value is -1.65. The van der Waals surface area contributed by atoms with Crippen LogP contribution in [-0.4, -0.2) is 26.9 Å². The van der Waals surface area contributed by atoms with Crippen LogP contribution in [0.5, 0.6) is 0 Å². The van der Waals surface area contributed by atoms with Gasteiger partial charge in [0.25, 0.3) is 5.91 Å². The largest absolute Gasteiger partial charge is 0.451 e. The van der Waals surface area contributed by atoms with E-state index in [1.165, 1.54) is 11.3 Å². The normalized spacial score (nSPS) is 11.3. The van der Waals surface area contributed by atoms with Crippen LogP contribution in [0.3, 0.4) is 0 Å². The number of benzene rings is 1. The van der Waals surface area contributed by atoms with Gasteiger partial charge in [0.05, 0.1) is 20.6 Å². The van der Waals surface area contributed by atoms with E-state index < -0.39 is 28.5 Å². The first-order chi connectivity index (χ1) is 12.5. The number of amides is 1. The van der Waals surface area contributed by atoms with Crippen molar-refractivity contribution in [3.05, 3.63) is 43.6 Å². The second kappa shape index (κ2) is 8.57. The Balaban J connectivity index is 2.04. The van der Waals surface area contributed by atoms with Gasteiger partial charge in [-0.1, -0.05) is 30.1 Å². The third-order valence-electron chi connectivity index (χ3n) is 3.49. The number of hydrogen-bond donors (Lipinski definition) is 2. The Morgan fingerprint density at radius 3 is 2.30 bits per heavy atom. The van der Waals surface area contributed by atoms with Crippen LogP contribution in [-0.2, 0) is 26.0 Å². The highest BCUT2D eigenvalue weighted by Gasteiger charge is 2.18. The average molecular weight is 451 g/mol. The van der Waals surface area contributed by atoms with Crippen molar-refractivity contribution in [2.24, 2.45) is 5.14 Å². The molecule has 1 amide bonds. The molecule has 0 bridgehead atoms. The zero-order chi connectivity index (χ0) is 20.4. The van der Waals surface area contributed by atoms with E-state index in [4.69, 9.17) is 33.1 Å². The van der Waals surface area contributed by atoms with Crippen LogP contribution >= 0.6 is 34.5 Å². The van der Waals surface area contributed by atoms with Gasteiger partial charge in [0.15, 0.2) is 6.61 Å². The predicted octanol–water partition coefficient (Wildman–Crippen LogP) is 3.37. The number of ether oxygens (including phenoxy) is 1. The van der Waals surface area contributed by atoms with E-state index in [-0.39, 0.29) is 20.6 Å². The molecule has 0 unspecified atom stereocenters. The molecular formula is C16H16Cl2N2O5S2. The highest BCUT2D eigenvalue weighted by atomic mass is 35.5. The molecule has 0 saturated carbocycles. The molecule has 0 aliphatic carbocycles. The summed E-state index contributed by atoms with van der Waals surface area (Å²) in [5, 5.41) is 7.16. The first-order valence-corrected chi connectivity index (χ1v) is 10.7. The van der Waals surface area contributed by atoms with Crippen molar-refractivity contribution in [2.75, 3.05) is 11.9 Å². The van der Waals surface area contributed by atoms with Crippen LogP contribution < -0.4 is 10.5 Å². The molecule has 0 atom stereocenters. The molecule has 0 fully saturated rings. The van der Waals surface area contributed by atoms with Gasteiger partial charge < -0.3 is 10.1 Å². The van der Waals surface area contributed by atoms with Gasteiger partial charge in [-0.15, -0.1) is 11.3 Å². The monoisotopic (exact) mass is 450 g/mol. The second-order valence-corrected chi connectivity index (χ2v) is 9.01. The molecule has 3 N–H and O–H groups in total. The van der Waals surface area contributed by atoms with Crippen molar-refractivity contribution in [2.45, 2.75) is 25.2 Å². The van der Waals surface area contributed by atoms with Gasteiger partial charge in [-0.2, -0.15) is 0 Å². The minimum atomic E-state index is -4.00. The molecule has 27 heavy (non-hydrogen) atoms. The van der Waals surface area contributed by atoms with Crippen LogP contribution in [0.15, 0.2) is 23.1 Å². The molecule has 2 rings (SSSR count). The van der Waals surface area contributed by atoms with E-state index in [2.05, 4.69) is 5.32 Å². The Morgan fingerprint density at radius 2 is 1.81 bits per heavy atom. The number of anilines is 1. The van der Waals surface area contributed by atoms with Crippen LogP contribution in [0.1, 0.15) is 27.0 Å². The molecular weight excluding hydrogens is 435 g/mol. The van der Waals surface area contributed by atoms with Gasteiger partial charge in [0.1, 0.15) is 4.88 Å². The molecule has 146 valence electrons. The number of thiophene rings is 1. The van der Waals surface area contributed by atoms with Gasteiger partial charge >= 0.3 is 5.97 Å². The maximum absolute atomic E-state index is 12.0. The number of carbonyl (C=O) groups is 2.